The highest BCUT2D eigenvalue weighted by atomic mass is 14.9. The Balaban J connectivity index is 2.56. The molecule has 2 N–H and O–H groups in total. The molecule has 1 rings (SSSR count). The predicted molar refractivity (Wildman–Crippen MR) is 80.8 cm³/mol. The van der Waals surface area contributed by atoms with Crippen LogP contribution in [-0.2, 0) is 0 Å². The highest BCUT2D eigenvalue weighted by Gasteiger charge is 2.00. The molecule has 0 saturated carbocycles. The Kier molecular flexibility index (Phi) is 5.50. The Hall–Kier alpha value is -1.70. The van der Waals surface area contributed by atoms with Crippen LogP contribution in [0.15, 0.2) is 36.2 Å². The second-order valence-electron chi connectivity index (χ2n) is 4.77. The summed E-state index contributed by atoms with van der Waals surface area (Å²) in [7, 11) is 0. The van der Waals surface area contributed by atoms with Gasteiger partial charge in [0, 0.05) is 24.6 Å². The van der Waals surface area contributed by atoms with Crippen LogP contribution in [0.4, 0.5) is 5.69 Å². The minimum absolute atomic E-state index is 0.889. The quantitative estimate of drug-likeness (QED) is 0.764. The SMILES string of the molecule is C/C=C(/C)CN/C=C\Nc1c(C)cc(C)cc1C. The third-order valence-corrected chi connectivity index (χ3v) is 2.98. The van der Waals surface area contributed by atoms with E-state index in [0.29, 0.717) is 0 Å². The molecule has 1 aromatic carbocycles. The van der Waals surface area contributed by atoms with Gasteiger partial charge in [0.05, 0.1) is 0 Å². The first-order valence-electron chi connectivity index (χ1n) is 6.39. The lowest BCUT2D eigenvalue weighted by Crippen LogP contribution is -2.08. The van der Waals surface area contributed by atoms with Crippen LogP contribution in [0.2, 0.25) is 0 Å². The molecule has 98 valence electrons. The summed E-state index contributed by atoms with van der Waals surface area (Å²) < 4.78 is 0. The Morgan fingerprint density at radius 2 is 1.72 bits per heavy atom. The van der Waals surface area contributed by atoms with E-state index in [1.54, 1.807) is 0 Å². The van der Waals surface area contributed by atoms with Gasteiger partial charge in [-0.15, -0.1) is 0 Å². The van der Waals surface area contributed by atoms with Crippen molar-refractivity contribution in [3.8, 4) is 0 Å². The fourth-order valence-electron chi connectivity index (χ4n) is 1.91. The summed E-state index contributed by atoms with van der Waals surface area (Å²) in [5, 5.41) is 6.58. The molecule has 0 bridgehead atoms. The van der Waals surface area contributed by atoms with Gasteiger partial charge in [0.2, 0.25) is 0 Å². The zero-order valence-electron chi connectivity index (χ0n) is 12.1. The molecule has 2 heteroatoms. The van der Waals surface area contributed by atoms with E-state index >= 15 is 0 Å². The third kappa shape index (κ3) is 4.28. The number of nitrogens with one attached hydrogen (secondary N) is 2. The van der Waals surface area contributed by atoms with E-state index in [1.807, 2.05) is 12.4 Å². The van der Waals surface area contributed by atoms with E-state index in [0.717, 1.165) is 6.54 Å². The van der Waals surface area contributed by atoms with Gasteiger partial charge in [-0.25, -0.2) is 0 Å². The first-order chi connectivity index (χ1) is 8.54. The summed E-state index contributed by atoms with van der Waals surface area (Å²) in [6.07, 6.45) is 6.02. The van der Waals surface area contributed by atoms with Crippen LogP contribution < -0.4 is 10.6 Å². The topological polar surface area (TPSA) is 24.1 Å². The van der Waals surface area contributed by atoms with Gasteiger partial charge in [-0.3, -0.25) is 0 Å². The van der Waals surface area contributed by atoms with E-state index in [9.17, 15) is 0 Å². The highest BCUT2D eigenvalue weighted by Crippen LogP contribution is 2.21. The number of hydrogen-bond donors (Lipinski definition) is 2. The standard InChI is InChI=1S/C16H24N2/c1-6-12(2)11-17-7-8-18-16-14(4)9-13(3)10-15(16)5/h6-10,17-18H,11H2,1-5H3/b8-7-,12-6-. The molecule has 0 aliphatic carbocycles. The van der Waals surface area contributed by atoms with Crippen molar-refractivity contribution in [1.82, 2.24) is 5.32 Å². The summed E-state index contributed by atoms with van der Waals surface area (Å²) in [6.45, 7) is 11.4. The van der Waals surface area contributed by atoms with Crippen LogP contribution in [-0.4, -0.2) is 6.54 Å². The molecule has 2 nitrogen and oxygen atoms in total. The molecule has 0 radical (unpaired) electrons. The molecule has 0 aliphatic rings. The molecule has 0 unspecified atom stereocenters. The van der Waals surface area contributed by atoms with Crippen molar-refractivity contribution in [2.75, 3.05) is 11.9 Å². The zero-order valence-corrected chi connectivity index (χ0v) is 12.1. The molecule has 0 aliphatic heterocycles. The van der Waals surface area contributed by atoms with E-state index in [2.05, 4.69) is 63.5 Å². The van der Waals surface area contributed by atoms with Crippen molar-refractivity contribution >= 4 is 5.69 Å². The number of allylic oxidation sites excluding steroid dienone is 1. The molecule has 1 aromatic rings. The van der Waals surface area contributed by atoms with Crippen LogP contribution in [0.3, 0.4) is 0 Å². The number of hydrogen-bond acceptors (Lipinski definition) is 2. The van der Waals surface area contributed by atoms with Gasteiger partial charge in [0.15, 0.2) is 0 Å². The summed E-state index contributed by atoms with van der Waals surface area (Å²) in [5.74, 6) is 0. The average Bonchev–Trinajstić information content (AvgIpc) is 2.31. The molecule has 0 fully saturated rings. The van der Waals surface area contributed by atoms with Crippen molar-refractivity contribution in [2.45, 2.75) is 34.6 Å². The van der Waals surface area contributed by atoms with Crippen molar-refractivity contribution in [2.24, 2.45) is 0 Å². The monoisotopic (exact) mass is 244 g/mol. The van der Waals surface area contributed by atoms with Crippen LogP contribution in [0.5, 0.6) is 0 Å². The van der Waals surface area contributed by atoms with Gasteiger partial charge >= 0.3 is 0 Å². The number of aryl methyl sites for hydroxylation is 3. The number of rotatable bonds is 5. The van der Waals surface area contributed by atoms with Gasteiger partial charge in [-0.2, -0.15) is 0 Å². The normalized spacial score (nSPS) is 11.9. The van der Waals surface area contributed by atoms with Gasteiger partial charge in [0.1, 0.15) is 0 Å². The van der Waals surface area contributed by atoms with Crippen LogP contribution in [0.1, 0.15) is 30.5 Å². The predicted octanol–water partition coefficient (Wildman–Crippen LogP) is 4.05. The molecule has 0 heterocycles. The second kappa shape index (κ2) is 6.90. The number of benzene rings is 1. The molecule has 0 saturated heterocycles. The summed E-state index contributed by atoms with van der Waals surface area (Å²) in [4.78, 5) is 0. The fourth-order valence-corrected chi connectivity index (χ4v) is 1.91. The number of anilines is 1. The summed E-state index contributed by atoms with van der Waals surface area (Å²) in [5.41, 5.74) is 6.40. The van der Waals surface area contributed by atoms with E-state index in [1.165, 1.54) is 28.0 Å². The lowest BCUT2D eigenvalue weighted by atomic mass is 10.1. The van der Waals surface area contributed by atoms with Crippen molar-refractivity contribution < 1.29 is 0 Å². The lowest BCUT2D eigenvalue weighted by molar-refractivity contribution is 0.931. The average molecular weight is 244 g/mol. The summed E-state index contributed by atoms with van der Waals surface area (Å²) >= 11 is 0. The van der Waals surface area contributed by atoms with E-state index < -0.39 is 0 Å². The van der Waals surface area contributed by atoms with Crippen LogP contribution >= 0.6 is 0 Å². The minimum Gasteiger partial charge on any atom is -0.386 e. The molecule has 0 atom stereocenters. The lowest BCUT2D eigenvalue weighted by Gasteiger charge is -2.11. The van der Waals surface area contributed by atoms with E-state index in [-0.39, 0.29) is 0 Å². The Bertz CT molecular complexity index is 433. The van der Waals surface area contributed by atoms with Gasteiger partial charge in [-0.05, 0) is 45.7 Å². The molecule has 0 spiro atoms. The molecular weight excluding hydrogens is 220 g/mol. The molecule has 0 amide bonds. The first kappa shape index (κ1) is 14.4. The van der Waals surface area contributed by atoms with Crippen LogP contribution in [0, 0.1) is 20.8 Å². The summed E-state index contributed by atoms with van der Waals surface area (Å²) in [6, 6.07) is 4.39. The molecular formula is C16H24N2. The minimum atomic E-state index is 0.889. The fraction of sp³-hybridized carbons (Fsp3) is 0.375. The smallest absolute Gasteiger partial charge is 0.0439 e. The maximum Gasteiger partial charge on any atom is 0.0439 e. The highest BCUT2D eigenvalue weighted by molar-refractivity contribution is 5.59. The van der Waals surface area contributed by atoms with Gasteiger partial charge in [-0.1, -0.05) is 29.3 Å². The maximum absolute atomic E-state index is 3.34. The third-order valence-electron chi connectivity index (χ3n) is 2.98. The van der Waals surface area contributed by atoms with E-state index in [4.69, 9.17) is 0 Å². The van der Waals surface area contributed by atoms with Crippen LogP contribution in [0.25, 0.3) is 0 Å². The van der Waals surface area contributed by atoms with Crippen molar-refractivity contribution in [3.63, 3.8) is 0 Å². The first-order valence-corrected chi connectivity index (χ1v) is 6.39. The molecule has 0 aromatic heterocycles. The molecule has 18 heavy (non-hydrogen) atoms. The largest absolute Gasteiger partial charge is 0.386 e. The van der Waals surface area contributed by atoms with Crippen molar-refractivity contribution in [3.05, 3.63) is 52.9 Å². The Labute approximate surface area is 111 Å². The second-order valence-corrected chi connectivity index (χ2v) is 4.77. The van der Waals surface area contributed by atoms with Gasteiger partial charge < -0.3 is 10.6 Å². The zero-order chi connectivity index (χ0) is 13.5. The Morgan fingerprint density at radius 1 is 1.11 bits per heavy atom. The van der Waals surface area contributed by atoms with Crippen molar-refractivity contribution in [1.29, 1.82) is 0 Å². The Morgan fingerprint density at radius 3 is 2.28 bits per heavy atom. The maximum atomic E-state index is 3.34. The van der Waals surface area contributed by atoms with Gasteiger partial charge in [0.25, 0.3) is 0 Å².